The smallest absolute Gasteiger partial charge is 0.267 e. The standard InChI is InChI=1S/C13H19N5O5/c1-3-11(18(22)23)8(2)6-9(17-21)7-14-13(20)10-4-5-12(19)16-15-10/h6,9,11H,3-5,7H2,1-2H3,(H,14,20)(H,16,19). The summed E-state index contributed by atoms with van der Waals surface area (Å²) in [6, 6.07) is -1.79. The molecule has 0 saturated heterocycles. The Hall–Kier alpha value is -2.65. The summed E-state index contributed by atoms with van der Waals surface area (Å²) in [5, 5.41) is 19.8. The number of nitro groups is 1. The van der Waals surface area contributed by atoms with E-state index in [-0.39, 0.29) is 31.0 Å². The molecule has 0 aliphatic carbocycles. The van der Waals surface area contributed by atoms with Crippen LogP contribution in [0.5, 0.6) is 0 Å². The average molecular weight is 325 g/mol. The number of nitrogens with zero attached hydrogens (tertiary/aromatic N) is 3. The summed E-state index contributed by atoms with van der Waals surface area (Å²) in [6.07, 6.45) is 2.06. The molecule has 0 spiro atoms. The van der Waals surface area contributed by atoms with Crippen LogP contribution in [0.25, 0.3) is 0 Å². The van der Waals surface area contributed by atoms with Gasteiger partial charge in [-0.2, -0.15) is 10.0 Å². The van der Waals surface area contributed by atoms with Crippen molar-refractivity contribution in [3.8, 4) is 0 Å². The second-order valence-electron chi connectivity index (χ2n) is 5.10. The molecule has 10 heteroatoms. The number of rotatable bonds is 8. The van der Waals surface area contributed by atoms with Crippen LogP contribution in [0.4, 0.5) is 0 Å². The Morgan fingerprint density at radius 3 is 2.74 bits per heavy atom. The van der Waals surface area contributed by atoms with Gasteiger partial charge in [0.25, 0.3) is 5.91 Å². The molecule has 2 atom stereocenters. The molecular weight excluding hydrogens is 306 g/mol. The summed E-state index contributed by atoms with van der Waals surface area (Å²) in [5.74, 6) is -0.774. The largest absolute Gasteiger partial charge is 0.348 e. The van der Waals surface area contributed by atoms with E-state index < -0.39 is 22.9 Å². The quantitative estimate of drug-likeness (QED) is 0.289. The van der Waals surface area contributed by atoms with E-state index in [1.54, 1.807) is 13.8 Å². The summed E-state index contributed by atoms with van der Waals surface area (Å²) < 4.78 is 0. The highest BCUT2D eigenvalue weighted by molar-refractivity contribution is 6.39. The van der Waals surface area contributed by atoms with Crippen LogP contribution in [0.2, 0.25) is 0 Å². The van der Waals surface area contributed by atoms with E-state index in [0.717, 1.165) is 0 Å². The Bertz CT molecular complexity index is 557. The van der Waals surface area contributed by atoms with Crippen molar-refractivity contribution in [1.29, 1.82) is 0 Å². The van der Waals surface area contributed by atoms with Crippen molar-refractivity contribution in [2.75, 3.05) is 6.54 Å². The molecule has 0 aromatic rings. The van der Waals surface area contributed by atoms with E-state index in [0.29, 0.717) is 12.0 Å². The van der Waals surface area contributed by atoms with Crippen LogP contribution in [0.15, 0.2) is 21.9 Å². The van der Waals surface area contributed by atoms with Crippen LogP contribution in [-0.2, 0) is 9.59 Å². The minimum atomic E-state index is -0.910. The highest BCUT2D eigenvalue weighted by atomic mass is 16.6. The van der Waals surface area contributed by atoms with Gasteiger partial charge >= 0.3 is 0 Å². The predicted molar refractivity (Wildman–Crippen MR) is 82.2 cm³/mol. The van der Waals surface area contributed by atoms with E-state index in [2.05, 4.69) is 21.0 Å². The zero-order valence-electron chi connectivity index (χ0n) is 12.9. The number of hydrogen-bond acceptors (Lipinski definition) is 7. The molecule has 1 aliphatic heterocycles. The van der Waals surface area contributed by atoms with Crippen LogP contribution in [0.1, 0.15) is 33.1 Å². The summed E-state index contributed by atoms with van der Waals surface area (Å²) >= 11 is 0. The molecule has 2 amide bonds. The molecule has 1 rings (SSSR count). The van der Waals surface area contributed by atoms with Gasteiger partial charge in [-0.3, -0.25) is 19.7 Å². The molecule has 2 unspecified atom stereocenters. The summed E-state index contributed by atoms with van der Waals surface area (Å²) in [7, 11) is 0. The first kappa shape index (κ1) is 18.4. The summed E-state index contributed by atoms with van der Waals surface area (Å²) in [4.78, 5) is 44.1. The second-order valence-corrected chi connectivity index (χ2v) is 5.10. The van der Waals surface area contributed by atoms with E-state index in [4.69, 9.17) is 0 Å². The first-order chi connectivity index (χ1) is 10.9. The average Bonchev–Trinajstić information content (AvgIpc) is 2.52. The van der Waals surface area contributed by atoms with Gasteiger partial charge in [-0.25, -0.2) is 5.43 Å². The number of nitroso groups, excluding NO2 is 1. The molecule has 2 N–H and O–H groups in total. The maximum atomic E-state index is 11.8. The number of nitrogens with one attached hydrogen (secondary N) is 2. The van der Waals surface area contributed by atoms with Crippen molar-refractivity contribution in [3.63, 3.8) is 0 Å². The van der Waals surface area contributed by atoms with E-state index in [1.807, 2.05) is 0 Å². The van der Waals surface area contributed by atoms with Crippen LogP contribution < -0.4 is 10.7 Å². The molecule has 0 radical (unpaired) electrons. The molecule has 0 fully saturated rings. The van der Waals surface area contributed by atoms with E-state index in [1.165, 1.54) is 6.08 Å². The highest BCUT2D eigenvalue weighted by Crippen LogP contribution is 2.11. The SMILES string of the molecule is CCC(C(C)=CC(CNC(=O)C1=NNC(=O)CC1)N=O)[N+](=O)[O-]. The van der Waals surface area contributed by atoms with Gasteiger partial charge in [-0.05, 0) is 18.6 Å². The highest BCUT2D eigenvalue weighted by Gasteiger charge is 2.22. The van der Waals surface area contributed by atoms with Crippen molar-refractivity contribution in [3.05, 3.63) is 26.7 Å². The second kappa shape index (κ2) is 8.71. The van der Waals surface area contributed by atoms with Gasteiger partial charge in [0.05, 0.1) is 0 Å². The van der Waals surface area contributed by atoms with Crippen molar-refractivity contribution in [2.45, 2.75) is 45.2 Å². The van der Waals surface area contributed by atoms with Crippen LogP contribution in [0.3, 0.4) is 0 Å². The lowest BCUT2D eigenvalue weighted by atomic mass is 10.0. The molecule has 1 aliphatic rings. The van der Waals surface area contributed by atoms with Gasteiger partial charge in [0, 0.05) is 30.7 Å². The van der Waals surface area contributed by atoms with Crippen molar-refractivity contribution < 1.29 is 14.5 Å². The zero-order chi connectivity index (χ0) is 17.4. The molecule has 0 aromatic heterocycles. The van der Waals surface area contributed by atoms with Gasteiger partial charge in [0.1, 0.15) is 11.8 Å². The number of carbonyl (C=O) groups is 2. The number of amides is 2. The van der Waals surface area contributed by atoms with E-state index >= 15 is 0 Å². The normalized spacial score (nSPS) is 17.6. The van der Waals surface area contributed by atoms with Crippen LogP contribution >= 0.6 is 0 Å². The third-order valence-electron chi connectivity index (χ3n) is 3.40. The monoisotopic (exact) mass is 325 g/mol. The van der Waals surface area contributed by atoms with Gasteiger partial charge in [-0.15, -0.1) is 0 Å². The first-order valence-corrected chi connectivity index (χ1v) is 7.16. The number of hydrazone groups is 1. The molecule has 0 saturated carbocycles. The lowest BCUT2D eigenvalue weighted by molar-refractivity contribution is -0.512. The Morgan fingerprint density at radius 2 is 2.26 bits per heavy atom. The molecular formula is C13H19N5O5. The van der Waals surface area contributed by atoms with E-state index in [9.17, 15) is 24.6 Å². The van der Waals surface area contributed by atoms with Crippen molar-refractivity contribution >= 4 is 17.5 Å². The van der Waals surface area contributed by atoms with Gasteiger partial charge in [0.2, 0.25) is 11.9 Å². The predicted octanol–water partition coefficient (Wildman–Crippen LogP) is 0.505. The lowest BCUT2D eigenvalue weighted by Crippen LogP contribution is -2.39. The molecule has 0 bridgehead atoms. The zero-order valence-corrected chi connectivity index (χ0v) is 12.9. The third-order valence-corrected chi connectivity index (χ3v) is 3.40. The molecule has 10 nitrogen and oxygen atoms in total. The van der Waals surface area contributed by atoms with Gasteiger partial charge in [-0.1, -0.05) is 12.1 Å². The number of hydrogen-bond donors (Lipinski definition) is 2. The third kappa shape index (κ3) is 5.57. The Morgan fingerprint density at radius 1 is 1.57 bits per heavy atom. The lowest BCUT2D eigenvalue weighted by Gasteiger charge is -2.13. The molecule has 0 aromatic carbocycles. The Kier molecular flexibility index (Phi) is 6.97. The topological polar surface area (TPSA) is 143 Å². The fraction of sp³-hybridized carbons (Fsp3) is 0.615. The van der Waals surface area contributed by atoms with Crippen LogP contribution in [0, 0.1) is 15.0 Å². The van der Waals surface area contributed by atoms with Crippen LogP contribution in [-0.4, -0.2) is 41.1 Å². The van der Waals surface area contributed by atoms with Crippen molar-refractivity contribution in [1.82, 2.24) is 10.7 Å². The maximum absolute atomic E-state index is 11.8. The fourth-order valence-electron chi connectivity index (χ4n) is 2.12. The maximum Gasteiger partial charge on any atom is 0.267 e. The fourth-order valence-corrected chi connectivity index (χ4v) is 2.12. The molecule has 1 heterocycles. The molecule has 126 valence electrons. The minimum absolute atomic E-state index is 0.0964. The number of carbonyl (C=O) groups excluding carboxylic acids is 2. The van der Waals surface area contributed by atoms with Gasteiger partial charge in [0.15, 0.2) is 0 Å². The molecule has 23 heavy (non-hydrogen) atoms. The minimum Gasteiger partial charge on any atom is -0.348 e. The summed E-state index contributed by atoms with van der Waals surface area (Å²) in [5.41, 5.74) is 2.77. The van der Waals surface area contributed by atoms with Crippen molar-refractivity contribution in [2.24, 2.45) is 10.3 Å². The Labute approximate surface area is 132 Å². The van der Waals surface area contributed by atoms with Gasteiger partial charge < -0.3 is 5.32 Å². The summed E-state index contributed by atoms with van der Waals surface area (Å²) in [6.45, 7) is 3.13. The first-order valence-electron chi connectivity index (χ1n) is 7.16. The Balaban J connectivity index is 2.63.